The van der Waals surface area contributed by atoms with Crippen LogP contribution in [-0.2, 0) is 6.54 Å². The van der Waals surface area contributed by atoms with E-state index in [0.717, 1.165) is 22.7 Å². The summed E-state index contributed by atoms with van der Waals surface area (Å²) < 4.78 is 28.4. The van der Waals surface area contributed by atoms with E-state index >= 15 is 0 Å². The number of benzene rings is 1. The van der Waals surface area contributed by atoms with Crippen molar-refractivity contribution in [2.45, 2.75) is 26.3 Å². The van der Waals surface area contributed by atoms with E-state index in [-0.39, 0.29) is 17.7 Å². The van der Waals surface area contributed by atoms with E-state index in [9.17, 15) is 18.4 Å². The van der Waals surface area contributed by atoms with E-state index in [1.165, 1.54) is 0 Å². The molecule has 3 aromatic rings. The second-order valence-corrected chi connectivity index (χ2v) is 7.10. The smallest absolute Gasteiger partial charge is 0.262 e. The molecule has 0 atom stereocenters. The summed E-state index contributed by atoms with van der Waals surface area (Å²) in [7, 11) is 0. The number of aryl methyl sites for hydroxylation is 1. The molecule has 2 heterocycles. The van der Waals surface area contributed by atoms with Crippen LogP contribution in [0.25, 0.3) is 23.1 Å². The van der Waals surface area contributed by atoms with Crippen LogP contribution >= 0.6 is 0 Å². The summed E-state index contributed by atoms with van der Waals surface area (Å²) in [6.07, 6.45) is 9.02. The van der Waals surface area contributed by atoms with Crippen LogP contribution in [0.5, 0.6) is 0 Å². The summed E-state index contributed by atoms with van der Waals surface area (Å²) in [5.74, 6) is -2.27. The summed E-state index contributed by atoms with van der Waals surface area (Å²) >= 11 is 0. The Balaban J connectivity index is 1.57. The number of nitrogens with zero attached hydrogens (tertiary/aromatic N) is 2. The molecule has 1 aromatic carbocycles. The van der Waals surface area contributed by atoms with Crippen molar-refractivity contribution in [3.8, 4) is 0 Å². The zero-order chi connectivity index (χ0) is 21.3. The average molecular weight is 410 g/mol. The van der Waals surface area contributed by atoms with Gasteiger partial charge in [0.15, 0.2) is 0 Å². The van der Waals surface area contributed by atoms with Crippen LogP contribution in [0.3, 0.4) is 0 Å². The Labute approximate surface area is 170 Å². The summed E-state index contributed by atoms with van der Waals surface area (Å²) in [6, 6.07) is 2.82. The zero-order valence-electron chi connectivity index (χ0n) is 16.3. The fourth-order valence-electron chi connectivity index (χ4n) is 3.63. The van der Waals surface area contributed by atoms with Crippen molar-refractivity contribution in [2.24, 2.45) is 0 Å². The Kier molecular flexibility index (Phi) is 5.31. The largest absolute Gasteiger partial charge is 0.352 e. The molecular weight excluding hydrogens is 390 g/mol. The molecule has 154 valence electrons. The molecule has 4 rings (SSSR count). The molecule has 0 aliphatic heterocycles. The Hall–Kier alpha value is -3.55. The van der Waals surface area contributed by atoms with Gasteiger partial charge in [0.2, 0.25) is 0 Å². The van der Waals surface area contributed by atoms with Crippen molar-refractivity contribution < 1.29 is 13.6 Å². The number of allylic oxidation sites excluding steroid dienone is 2. The van der Waals surface area contributed by atoms with Crippen molar-refractivity contribution in [3.63, 3.8) is 0 Å². The fourth-order valence-corrected chi connectivity index (χ4v) is 3.63. The number of aromatic nitrogens is 3. The number of pyridine rings is 1. The first kappa shape index (κ1) is 19.8. The van der Waals surface area contributed by atoms with Crippen molar-refractivity contribution in [3.05, 3.63) is 74.2 Å². The van der Waals surface area contributed by atoms with Gasteiger partial charge in [-0.1, -0.05) is 24.3 Å². The van der Waals surface area contributed by atoms with Gasteiger partial charge in [-0.2, -0.15) is 5.10 Å². The molecule has 0 unspecified atom stereocenters. The van der Waals surface area contributed by atoms with Crippen LogP contribution in [0.15, 0.2) is 35.1 Å². The predicted octanol–water partition coefficient (Wildman–Crippen LogP) is 1.65. The van der Waals surface area contributed by atoms with Gasteiger partial charge in [0.05, 0.1) is 10.9 Å². The number of H-pyrrole nitrogens is 1. The minimum absolute atomic E-state index is 0.141. The topological polar surface area (TPSA) is 79.8 Å². The molecule has 2 N–H and O–H groups in total. The highest BCUT2D eigenvalue weighted by Gasteiger charge is 2.14. The van der Waals surface area contributed by atoms with Gasteiger partial charge in [0.25, 0.3) is 11.5 Å². The predicted molar refractivity (Wildman–Crippen MR) is 110 cm³/mol. The van der Waals surface area contributed by atoms with E-state index in [4.69, 9.17) is 0 Å². The molecule has 0 radical (unpaired) electrons. The third kappa shape index (κ3) is 3.56. The fraction of sp³-hybridized carbons (Fsp3) is 0.227. The maximum absolute atomic E-state index is 13.7. The van der Waals surface area contributed by atoms with Gasteiger partial charge < -0.3 is 9.88 Å². The van der Waals surface area contributed by atoms with Crippen molar-refractivity contribution >= 4 is 29.0 Å². The first-order valence-electron chi connectivity index (χ1n) is 9.65. The lowest BCUT2D eigenvalue weighted by atomic mass is 10.2. The maximum Gasteiger partial charge on any atom is 0.262 e. The number of nitrogens with one attached hydrogen (secondary N) is 2. The SMILES string of the molecule is Cc1[nH]nc2c3c(n(CCCNC(=O)c4ccc(F)cc4F)c(=O)c12)=CCC=CC=3. The molecule has 0 saturated heterocycles. The van der Waals surface area contributed by atoms with Crippen LogP contribution in [0, 0.1) is 18.6 Å². The average Bonchev–Trinajstić information content (AvgIpc) is 2.94. The first-order chi connectivity index (χ1) is 14.5. The molecule has 0 fully saturated rings. The second kappa shape index (κ2) is 8.06. The van der Waals surface area contributed by atoms with Gasteiger partial charge in [-0.15, -0.1) is 0 Å². The maximum atomic E-state index is 13.7. The molecule has 2 aromatic heterocycles. The van der Waals surface area contributed by atoms with Crippen LogP contribution in [0.4, 0.5) is 8.78 Å². The monoisotopic (exact) mass is 410 g/mol. The second-order valence-electron chi connectivity index (χ2n) is 7.10. The number of amides is 1. The lowest BCUT2D eigenvalue weighted by Gasteiger charge is -2.10. The van der Waals surface area contributed by atoms with Crippen molar-refractivity contribution in [2.75, 3.05) is 6.54 Å². The lowest BCUT2D eigenvalue weighted by Crippen LogP contribution is -2.44. The molecule has 0 saturated carbocycles. The van der Waals surface area contributed by atoms with Crippen LogP contribution < -0.4 is 21.4 Å². The highest BCUT2D eigenvalue weighted by Crippen LogP contribution is 2.09. The van der Waals surface area contributed by atoms with E-state index in [0.29, 0.717) is 42.0 Å². The van der Waals surface area contributed by atoms with Gasteiger partial charge >= 0.3 is 0 Å². The summed E-state index contributed by atoms with van der Waals surface area (Å²) in [4.78, 5) is 25.2. The number of hydrogen-bond acceptors (Lipinski definition) is 3. The molecule has 1 aliphatic carbocycles. The van der Waals surface area contributed by atoms with Crippen molar-refractivity contribution in [1.29, 1.82) is 0 Å². The number of halogens is 2. The van der Waals surface area contributed by atoms with Crippen molar-refractivity contribution in [1.82, 2.24) is 20.1 Å². The number of aromatic amines is 1. The van der Waals surface area contributed by atoms with Gasteiger partial charge in [0, 0.05) is 35.4 Å². The molecule has 8 heteroatoms. The number of carbonyl (C=O) groups excluding carboxylic acids is 1. The van der Waals surface area contributed by atoms with E-state index in [2.05, 4.69) is 15.5 Å². The van der Waals surface area contributed by atoms with Gasteiger partial charge in [-0.25, -0.2) is 8.78 Å². The number of carbonyl (C=O) groups is 1. The molecule has 30 heavy (non-hydrogen) atoms. The highest BCUT2D eigenvalue weighted by atomic mass is 19.1. The van der Waals surface area contributed by atoms with Crippen LogP contribution in [0.2, 0.25) is 0 Å². The van der Waals surface area contributed by atoms with Crippen LogP contribution in [-0.4, -0.2) is 27.2 Å². The molecule has 1 aliphatic rings. The Bertz CT molecular complexity index is 1350. The van der Waals surface area contributed by atoms with Gasteiger partial charge in [-0.3, -0.25) is 14.7 Å². The first-order valence-corrected chi connectivity index (χ1v) is 9.65. The van der Waals surface area contributed by atoms with E-state index < -0.39 is 17.5 Å². The van der Waals surface area contributed by atoms with Crippen LogP contribution in [0.1, 0.15) is 28.9 Å². The molecule has 0 spiro atoms. The third-order valence-electron chi connectivity index (χ3n) is 5.09. The Morgan fingerprint density at radius 3 is 2.97 bits per heavy atom. The zero-order valence-corrected chi connectivity index (χ0v) is 16.3. The molecule has 6 nitrogen and oxygen atoms in total. The molecule has 0 bridgehead atoms. The Morgan fingerprint density at radius 2 is 2.17 bits per heavy atom. The quantitative estimate of drug-likeness (QED) is 0.628. The van der Waals surface area contributed by atoms with E-state index in [1.807, 2.05) is 24.3 Å². The van der Waals surface area contributed by atoms with E-state index in [1.54, 1.807) is 11.5 Å². The number of hydrogen-bond donors (Lipinski definition) is 2. The molecular formula is C22H20F2N4O2. The minimum Gasteiger partial charge on any atom is -0.352 e. The number of fused-ring (bicyclic) bond motifs is 3. The summed E-state index contributed by atoms with van der Waals surface area (Å²) in [5.41, 5.74) is 0.990. The normalized spacial score (nSPS) is 12.8. The summed E-state index contributed by atoms with van der Waals surface area (Å²) in [6.45, 7) is 2.42. The lowest BCUT2D eigenvalue weighted by molar-refractivity contribution is 0.0948. The Morgan fingerprint density at radius 1 is 1.33 bits per heavy atom. The van der Waals surface area contributed by atoms with Gasteiger partial charge in [0.1, 0.15) is 17.2 Å². The minimum atomic E-state index is -0.910. The highest BCUT2D eigenvalue weighted by molar-refractivity contribution is 5.94. The number of rotatable bonds is 5. The standard InChI is InChI=1S/C22H20F2N4O2/c1-13-19-20(27-26-13)16-6-3-2-4-7-18(16)28(22(19)30)11-5-10-25-21(29)15-9-8-14(23)12-17(15)24/h2-3,6-9,12H,4-5,10-11H2,1H3,(H,25,29)(H,26,27). The summed E-state index contributed by atoms with van der Waals surface area (Å²) in [5, 5.41) is 12.0. The molecule has 1 amide bonds. The third-order valence-corrected chi connectivity index (χ3v) is 5.09. The van der Waals surface area contributed by atoms with Gasteiger partial charge in [-0.05, 0) is 31.9 Å².